The summed E-state index contributed by atoms with van der Waals surface area (Å²) in [5.74, 6) is -1.12. The van der Waals surface area contributed by atoms with E-state index < -0.39 is 17.0 Å². The summed E-state index contributed by atoms with van der Waals surface area (Å²) < 4.78 is 28.9. The summed E-state index contributed by atoms with van der Waals surface area (Å²) in [6, 6.07) is 11.5. The van der Waals surface area contributed by atoms with Gasteiger partial charge in [0.2, 0.25) is 0 Å². The first-order chi connectivity index (χ1) is 16.3. The molecule has 2 bridgehead atoms. The molecular formula is C26H20ClF2N5. The van der Waals surface area contributed by atoms with Crippen molar-refractivity contribution < 1.29 is 8.78 Å². The predicted molar refractivity (Wildman–Crippen MR) is 124 cm³/mol. The molecule has 2 aliphatic rings. The molecule has 2 aliphatic carbocycles. The molecule has 1 fully saturated rings. The van der Waals surface area contributed by atoms with Gasteiger partial charge in [-0.1, -0.05) is 37.6 Å². The summed E-state index contributed by atoms with van der Waals surface area (Å²) in [7, 11) is 0. The van der Waals surface area contributed by atoms with Crippen LogP contribution in [-0.2, 0) is 5.41 Å². The Morgan fingerprint density at radius 3 is 2.41 bits per heavy atom. The highest BCUT2D eigenvalue weighted by Gasteiger charge is 2.65. The van der Waals surface area contributed by atoms with Crippen molar-refractivity contribution in [2.24, 2.45) is 5.41 Å². The standard InChI is InChI=1S/C26H20ClF2N5/c1-25(2)15-9-10-26(25,21-8-4-7-18(32-21)20-12-31-22(27)13-30-20)24-14(15)11-19(33-34-24)23-16(28)5-3-6-17(23)29/h3-8,11-13,15H,9-10H2,1-2H3/t15-,26-/m0/s1. The number of rotatable bonds is 3. The number of pyridine rings is 1. The smallest absolute Gasteiger partial charge is 0.147 e. The molecule has 1 saturated carbocycles. The van der Waals surface area contributed by atoms with E-state index >= 15 is 0 Å². The largest absolute Gasteiger partial charge is 0.250 e. The monoisotopic (exact) mass is 475 g/mol. The maximum atomic E-state index is 14.5. The van der Waals surface area contributed by atoms with Crippen LogP contribution in [0.3, 0.4) is 0 Å². The Morgan fingerprint density at radius 1 is 0.912 bits per heavy atom. The van der Waals surface area contributed by atoms with Crippen molar-refractivity contribution >= 4 is 11.6 Å². The SMILES string of the molecule is CC1(C)[C@H]2CC[C@]1(c1cccc(-c3cnc(Cl)cn3)n1)c1nnc(-c3c(F)cccc3F)cc12. The van der Waals surface area contributed by atoms with Crippen LogP contribution >= 0.6 is 11.6 Å². The average molecular weight is 476 g/mol. The second-order valence-electron chi connectivity index (χ2n) is 9.48. The van der Waals surface area contributed by atoms with E-state index in [1.807, 2.05) is 24.3 Å². The molecule has 1 aromatic carbocycles. The zero-order valence-corrected chi connectivity index (χ0v) is 19.3. The molecule has 0 saturated heterocycles. The van der Waals surface area contributed by atoms with E-state index in [0.717, 1.165) is 29.8 Å². The number of hydrogen-bond acceptors (Lipinski definition) is 5. The summed E-state index contributed by atoms with van der Waals surface area (Å²) in [6.45, 7) is 4.43. The molecule has 4 aromatic rings. The third-order valence-electron chi connectivity index (χ3n) is 7.67. The van der Waals surface area contributed by atoms with Gasteiger partial charge < -0.3 is 0 Å². The van der Waals surface area contributed by atoms with Crippen molar-refractivity contribution in [3.8, 4) is 22.6 Å². The number of aromatic nitrogens is 5. The molecule has 34 heavy (non-hydrogen) atoms. The fourth-order valence-electron chi connectivity index (χ4n) is 6.02. The molecule has 8 heteroatoms. The van der Waals surface area contributed by atoms with Crippen LogP contribution in [0.1, 0.15) is 49.6 Å². The highest BCUT2D eigenvalue weighted by molar-refractivity contribution is 6.29. The van der Waals surface area contributed by atoms with Crippen LogP contribution in [0.2, 0.25) is 5.15 Å². The molecule has 2 atom stereocenters. The van der Waals surface area contributed by atoms with Gasteiger partial charge in [0.15, 0.2) is 0 Å². The summed E-state index contributed by atoms with van der Waals surface area (Å²) in [5.41, 5.74) is 3.41. The average Bonchev–Trinajstić information content (AvgIpc) is 3.21. The van der Waals surface area contributed by atoms with E-state index in [4.69, 9.17) is 16.6 Å². The van der Waals surface area contributed by atoms with Gasteiger partial charge in [-0.2, -0.15) is 5.10 Å². The quantitative estimate of drug-likeness (QED) is 0.356. The summed E-state index contributed by atoms with van der Waals surface area (Å²) in [6.07, 6.45) is 4.89. The highest BCUT2D eigenvalue weighted by atomic mass is 35.5. The van der Waals surface area contributed by atoms with E-state index in [1.54, 1.807) is 6.20 Å². The van der Waals surface area contributed by atoms with Crippen LogP contribution in [0, 0.1) is 17.0 Å². The van der Waals surface area contributed by atoms with Crippen molar-refractivity contribution in [1.82, 2.24) is 25.1 Å². The molecular weight excluding hydrogens is 456 g/mol. The van der Waals surface area contributed by atoms with Crippen LogP contribution in [0.25, 0.3) is 22.6 Å². The molecule has 5 nitrogen and oxygen atoms in total. The third kappa shape index (κ3) is 2.79. The predicted octanol–water partition coefficient (Wildman–Crippen LogP) is 6.13. The molecule has 170 valence electrons. The van der Waals surface area contributed by atoms with E-state index in [2.05, 4.69) is 34.0 Å². The molecule has 0 radical (unpaired) electrons. The zero-order chi connectivity index (χ0) is 23.7. The van der Waals surface area contributed by atoms with Crippen molar-refractivity contribution in [3.63, 3.8) is 0 Å². The lowest BCUT2D eigenvalue weighted by molar-refractivity contribution is 0.243. The van der Waals surface area contributed by atoms with Crippen molar-refractivity contribution in [2.75, 3.05) is 0 Å². The van der Waals surface area contributed by atoms with Gasteiger partial charge in [0.05, 0.1) is 46.1 Å². The number of benzene rings is 1. The maximum absolute atomic E-state index is 14.5. The second-order valence-corrected chi connectivity index (χ2v) is 9.87. The van der Waals surface area contributed by atoms with Gasteiger partial charge in [-0.3, -0.25) is 4.98 Å². The van der Waals surface area contributed by atoms with E-state index in [-0.39, 0.29) is 22.6 Å². The normalized spacial score (nSPS) is 22.1. The number of hydrogen-bond donors (Lipinski definition) is 0. The Bertz CT molecular complexity index is 1420. The molecule has 0 spiro atoms. The van der Waals surface area contributed by atoms with Crippen LogP contribution in [-0.4, -0.2) is 25.1 Å². The minimum Gasteiger partial charge on any atom is -0.250 e. The topological polar surface area (TPSA) is 64.5 Å². The van der Waals surface area contributed by atoms with Crippen molar-refractivity contribution in [3.05, 3.63) is 88.6 Å². The molecule has 3 heterocycles. The van der Waals surface area contributed by atoms with Gasteiger partial charge in [0.25, 0.3) is 0 Å². The van der Waals surface area contributed by atoms with E-state index in [9.17, 15) is 8.78 Å². The first-order valence-electron chi connectivity index (χ1n) is 11.1. The first-order valence-corrected chi connectivity index (χ1v) is 11.5. The molecule has 0 unspecified atom stereocenters. The van der Waals surface area contributed by atoms with Gasteiger partial charge in [0.1, 0.15) is 22.5 Å². The van der Waals surface area contributed by atoms with Gasteiger partial charge in [0, 0.05) is 0 Å². The number of halogens is 3. The fourth-order valence-corrected chi connectivity index (χ4v) is 6.11. The molecule has 0 amide bonds. The Balaban J connectivity index is 1.51. The Morgan fingerprint density at radius 2 is 1.68 bits per heavy atom. The summed E-state index contributed by atoms with van der Waals surface area (Å²) in [4.78, 5) is 13.5. The summed E-state index contributed by atoms with van der Waals surface area (Å²) in [5, 5.41) is 9.20. The molecule has 0 N–H and O–H groups in total. The van der Waals surface area contributed by atoms with Gasteiger partial charge in [-0.25, -0.2) is 18.7 Å². The lowest BCUT2D eigenvalue weighted by atomic mass is 9.66. The van der Waals surface area contributed by atoms with Crippen LogP contribution in [0.4, 0.5) is 8.78 Å². The highest BCUT2D eigenvalue weighted by Crippen LogP contribution is 2.69. The Labute approximate surface area is 200 Å². The van der Waals surface area contributed by atoms with Crippen LogP contribution in [0.15, 0.2) is 54.9 Å². The first kappa shape index (κ1) is 21.2. The lowest BCUT2D eigenvalue weighted by Crippen LogP contribution is -2.37. The Hall–Kier alpha value is -3.32. The summed E-state index contributed by atoms with van der Waals surface area (Å²) >= 11 is 5.90. The minimum absolute atomic E-state index is 0.145. The lowest BCUT2D eigenvalue weighted by Gasteiger charge is -2.37. The van der Waals surface area contributed by atoms with Gasteiger partial charge in [-0.05, 0) is 60.1 Å². The van der Waals surface area contributed by atoms with Gasteiger partial charge >= 0.3 is 0 Å². The van der Waals surface area contributed by atoms with Crippen LogP contribution < -0.4 is 0 Å². The minimum atomic E-state index is -0.648. The molecule has 6 rings (SSSR count). The second kappa shape index (κ2) is 7.34. The van der Waals surface area contributed by atoms with Crippen molar-refractivity contribution in [1.29, 1.82) is 0 Å². The fraction of sp³-hybridized carbons (Fsp3) is 0.269. The van der Waals surface area contributed by atoms with E-state index in [0.29, 0.717) is 16.5 Å². The third-order valence-corrected chi connectivity index (χ3v) is 7.87. The van der Waals surface area contributed by atoms with Crippen molar-refractivity contribution in [2.45, 2.75) is 38.0 Å². The van der Waals surface area contributed by atoms with E-state index in [1.165, 1.54) is 24.4 Å². The number of nitrogens with zero attached hydrogens (tertiary/aromatic N) is 5. The van der Waals surface area contributed by atoms with Crippen LogP contribution in [0.5, 0.6) is 0 Å². The molecule has 0 aliphatic heterocycles. The maximum Gasteiger partial charge on any atom is 0.147 e. The van der Waals surface area contributed by atoms with Gasteiger partial charge in [-0.15, -0.1) is 5.10 Å². The molecule has 3 aromatic heterocycles. The number of fused-ring (bicyclic) bond motifs is 5. The Kier molecular flexibility index (Phi) is 4.58. The zero-order valence-electron chi connectivity index (χ0n) is 18.6.